The van der Waals surface area contributed by atoms with Crippen molar-refractivity contribution in [1.29, 1.82) is 0 Å². The molecular formula is C13H17BrClNO. The fraction of sp³-hybridized carbons (Fsp3) is 0.462. The quantitative estimate of drug-likeness (QED) is 0.798. The van der Waals surface area contributed by atoms with Crippen LogP contribution >= 0.6 is 27.5 Å². The molecule has 1 atom stereocenters. The smallest absolute Gasteiger partial charge is 0.224 e. The summed E-state index contributed by atoms with van der Waals surface area (Å²) in [6, 6.07) is 7.39. The van der Waals surface area contributed by atoms with E-state index in [0.717, 1.165) is 18.4 Å². The summed E-state index contributed by atoms with van der Waals surface area (Å²) in [5, 5.41) is 3.57. The summed E-state index contributed by atoms with van der Waals surface area (Å²) >= 11 is 9.39. The van der Waals surface area contributed by atoms with Crippen LogP contribution in [0.5, 0.6) is 0 Å². The lowest BCUT2D eigenvalue weighted by Crippen LogP contribution is -2.27. The number of hydrogen-bond donors (Lipinski definition) is 1. The highest BCUT2D eigenvalue weighted by atomic mass is 79.9. The minimum atomic E-state index is 0.0445. The third-order valence-electron chi connectivity index (χ3n) is 2.48. The van der Waals surface area contributed by atoms with Gasteiger partial charge >= 0.3 is 0 Å². The SMILES string of the molecule is CCC(Br)CCNC(=O)Cc1cccc(Cl)c1. The number of amides is 1. The normalized spacial score (nSPS) is 12.2. The molecule has 0 heterocycles. The van der Waals surface area contributed by atoms with E-state index in [-0.39, 0.29) is 5.91 Å². The van der Waals surface area contributed by atoms with Gasteiger partial charge in [0.05, 0.1) is 6.42 Å². The van der Waals surface area contributed by atoms with Crippen molar-refractivity contribution in [3.05, 3.63) is 34.9 Å². The fourth-order valence-corrected chi connectivity index (χ4v) is 1.91. The minimum absolute atomic E-state index is 0.0445. The predicted octanol–water partition coefficient (Wildman–Crippen LogP) is 3.56. The van der Waals surface area contributed by atoms with Crippen LogP contribution in [0.3, 0.4) is 0 Å². The Kier molecular flexibility index (Phi) is 6.60. The van der Waals surface area contributed by atoms with Gasteiger partial charge in [-0.15, -0.1) is 0 Å². The van der Waals surface area contributed by atoms with Gasteiger partial charge in [0.15, 0.2) is 0 Å². The van der Waals surface area contributed by atoms with E-state index in [0.29, 0.717) is 22.8 Å². The molecule has 0 aromatic heterocycles. The van der Waals surface area contributed by atoms with Crippen molar-refractivity contribution in [1.82, 2.24) is 5.32 Å². The molecule has 1 aromatic rings. The molecule has 0 fully saturated rings. The number of rotatable bonds is 6. The Morgan fingerprint density at radius 3 is 2.94 bits per heavy atom. The second kappa shape index (κ2) is 7.72. The van der Waals surface area contributed by atoms with Gasteiger partial charge in [-0.25, -0.2) is 0 Å². The Balaban J connectivity index is 2.30. The second-order valence-corrected chi connectivity index (χ2v) is 5.68. The first-order valence-corrected chi connectivity index (χ1v) is 7.06. The van der Waals surface area contributed by atoms with Gasteiger partial charge in [0.25, 0.3) is 0 Å². The Hall–Kier alpha value is -0.540. The maximum absolute atomic E-state index is 11.6. The first kappa shape index (κ1) is 14.5. The predicted molar refractivity (Wildman–Crippen MR) is 75.8 cm³/mol. The van der Waals surface area contributed by atoms with Crippen LogP contribution in [-0.4, -0.2) is 17.3 Å². The Morgan fingerprint density at radius 1 is 1.53 bits per heavy atom. The molecule has 1 amide bonds. The third-order valence-corrected chi connectivity index (χ3v) is 3.82. The highest BCUT2D eigenvalue weighted by molar-refractivity contribution is 9.09. The van der Waals surface area contributed by atoms with E-state index >= 15 is 0 Å². The topological polar surface area (TPSA) is 29.1 Å². The molecule has 0 aliphatic heterocycles. The van der Waals surface area contributed by atoms with E-state index in [1.807, 2.05) is 18.2 Å². The summed E-state index contributed by atoms with van der Waals surface area (Å²) in [4.78, 5) is 12.1. The van der Waals surface area contributed by atoms with Crippen LogP contribution in [0.1, 0.15) is 25.3 Å². The highest BCUT2D eigenvalue weighted by Crippen LogP contribution is 2.11. The van der Waals surface area contributed by atoms with E-state index in [9.17, 15) is 4.79 Å². The molecule has 0 spiro atoms. The van der Waals surface area contributed by atoms with Crippen molar-refractivity contribution in [3.63, 3.8) is 0 Å². The zero-order valence-corrected chi connectivity index (χ0v) is 12.2. The molecule has 1 rings (SSSR count). The van der Waals surface area contributed by atoms with Gasteiger partial charge in [-0.2, -0.15) is 0 Å². The number of nitrogens with one attached hydrogen (secondary N) is 1. The Morgan fingerprint density at radius 2 is 2.29 bits per heavy atom. The van der Waals surface area contributed by atoms with Gasteiger partial charge in [0.1, 0.15) is 0 Å². The highest BCUT2D eigenvalue weighted by Gasteiger charge is 2.05. The lowest BCUT2D eigenvalue weighted by atomic mass is 10.1. The van der Waals surface area contributed by atoms with Gasteiger partial charge in [0, 0.05) is 16.4 Å². The van der Waals surface area contributed by atoms with Gasteiger partial charge in [-0.05, 0) is 30.5 Å². The molecule has 0 radical (unpaired) electrons. The lowest BCUT2D eigenvalue weighted by molar-refractivity contribution is -0.120. The second-order valence-electron chi connectivity index (χ2n) is 3.95. The van der Waals surface area contributed by atoms with Crippen LogP contribution in [0, 0.1) is 0 Å². The van der Waals surface area contributed by atoms with E-state index in [2.05, 4.69) is 28.2 Å². The zero-order chi connectivity index (χ0) is 12.7. The number of halogens is 2. The maximum Gasteiger partial charge on any atom is 0.224 e. The molecule has 94 valence electrons. The zero-order valence-electron chi connectivity index (χ0n) is 9.88. The Labute approximate surface area is 116 Å². The van der Waals surface area contributed by atoms with E-state index in [4.69, 9.17) is 11.6 Å². The number of carbonyl (C=O) groups is 1. The average molecular weight is 319 g/mol. The monoisotopic (exact) mass is 317 g/mol. The average Bonchev–Trinajstić information content (AvgIpc) is 2.28. The first-order chi connectivity index (χ1) is 8.11. The Bertz CT molecular complexity index is 370. The summed E-state index contributed by atoms with van der Waals surface area (Å²) in [6.45, 7) is 2.83. The molecule has 1 unspecified atom stereocenters. The number of hydrogen-bond acceptors (Lipinski definition) is 1. The van der Waals surface area contributed by atoms with Crippen molar-refractivity contribution in [3.8, 4) is 0 Å². The molecule has 0 bridgehead atoms. The fourth-order valence-electron chi connectivity index (χ4n) is 1.47. The third kappa shape index (κ3) is 6.08. The molecule has 0 saturated carbocycles. The molecule has 1 aromatic carbocycles. The van der Waals surface area contributed by atoms with E-state index < -0.39 is 0 Å². The van der Waals surface area contributed by atoms with Crippen LogP contribution in [-0.2, 0) is 11.2 Å². The van der Waals surface area contributed by atoms with Crippen molar-refractivity contribution in [2.45, 2.75) is 31.0 Å². The molecular weight excluding hydrogens is 302 g/mol. The van der Waals surface area contributed by atoms with Crippen LogP contribution in [0.15, 0.2) is 24.3 Å². The van der Waals surface area contributed by atoms with Gasteiger partial charge < -0.3 is 5.32 Å². The minimum Gasteiger partial charge on any atom is -0.356 e. The van der Waals surface area contributed by atoms with Crippen molar-refractivity contribution >= 4 is 33.4 Å². The first-order valence-electron chi connectivity index (χ1n) is 5.77. The largest absolute Gasteiger partial charge is 0.356 e. The number of carbonyl (C=O) groups excluding carboxylic acids is 1. The summed E-state index contributed by atoms with van der Waals surface area (Å²) in [7, 11) is 0. The molecule has 17 heavy (non-hydrogen) atoms. The molecule has 2 nitrogen and oxygen atoms in total. The van der Waals surface area contributed by atoms with Gasteiger partial charge in [-0.3, -0.25) is 4.79 Å². The van der Waals surface area contributed by atoms with E-state index in [1.54, 1.807) is 6.07 Å². The standard InChI is InChI=1S/C13H17BrClNO/c1-2-11(14)6-7-16-13(17)9-10-4-3-5-12(15)8-10/h3-5,8,11H,2,6-7,9H2,1H3,(H,16,17). The van der Waals surface area contributed by atoms with Crippen molar-refractivity contribution < 1.29 is 4.79 Å². The lowest BCUT2D eigenvalue weighted by Gasteiger charge is -2.08. The van der Waals surface area contributed by atoms with Gasteiger partial charge in [0.2, 0.25) is 5.91 Å². The summed E-state index contributed by atoms with van der Waals surface area (Å²) in [6.07, 6.45) is 2.42. The van der Waals surface area contributed by atoms with Crippen LogP contribution < -0.4 is 5.32 Å². The van der Waals surface area contributed by atoms with Crippen LogP contribution in [0.4, 0.5) is 0 Å². The van der Waals surface area contributed by atoms with Crippen LogP contribution in [0.2, 0.25) is 5.02 Å². The van der Waals surface area contributed by atoms with E-state index in [1.165, 1.54) is 0 Å². The summed E-state index contributed by atoms with van der Waals surface area (Å²) in [5.74, 6) is 0.0445. The molecule has 0 saturated heterocycles. The van der Waals surface area contributed by atoms with Crippen molar-refractivity contribution in [2.24, 2.45) is 0 Å². The summed E-state index contributed by atoms with van der Waals surface area (Å²) < 4.78 is 0. The summed E-state index contributed by atoms with van der Waals surface area (Å²) in [5.41, 5.74) is 0.945. The number of alkyl halides is 1. The number of benzene rings is 1. The molecule has 0 aliphatic rings. The molecule has 1 N–H and O–H groups in total. The van der Waals surface area contributed by atoms with Crippen LogP contribution in [0.25, 0.3) is 0 Å². The molecule has 0 aliphatic carbocycles. The van der Waals surface area contributed by atoms with Gasteiger partial charge in [-0.1, -0.05) is 46.6 Å². The van der Waals surface area contributed by atoms with Crippen molar-refractivity contribution in [2.75, 3.05) is 6.54 Å². The molecule has 4 heteroatoms. The maximum atomic E-state index is 11.6.